The molecule has 2 aromatic heterocycles. The SMILES string of the molecule is CC[C@H](C)n1nc(NC(=O)CCC(=O)O)c2cc3cc(C)ccc3nc21. The van der Waals surface area contributed by atoms with Crippen LogP contribution in [0.5, 0.6) is 0 Å². The number of benzene rings is 1. The lowest BCUT2D eigenvalue weighted by Gasteiger charge is -2.10. The summed E-state index contributed by atoms with van der Waals surface area (Å²) < 4.78 is 1.82. The summed E-state index contributed by atoms with van der Waals surface area (Å²) in [6, 6.07) is 8.13. The van der Waals surface area contributed by atoms with Crippen LogP contribution in [-0.2, 0) is 9.59 Å². The Hall–Kier alpha value is -2.96. The highest BCUT2D eigenvalue weighted by Crippen LogP contribution is 2.29. The molecule has 26 heavy (non-hydrogen) atoms. The highest BCUT2D eigenvalue weighted by atomic mass is 16.4. The Kier molecular flexibility index (Phi) is 4.88. The van der Waals surface area contributed by atoms with Gasteiger partial charge in [0.05, 0.1) is 23.4 Å². The molecule has 0 aliphatic carbocycles. The number of carboxylic acids is 1. The van der Waals surface area contributed by atoms with Crippen LogP contribution < -0.4 is 5.32 Å². The maximum absolute atomic E-state index is 12.1. The fourth-order valence-electron chi connectivity index (χ4n) is 2.83. The molecule has 0 radical (unpaired) electrons. The van der Waals surface area contributed by atoms with Gasteiger partial charge in [-0.2, -0.15) is 5.10 Å². The molecule has 2 N–H and O–H groups in total. The Bertz CT molecular complexity index is 993. The minimum Gasteiger partial charge on any atom is -0.481 e. The van der Waals surface area contributed by atoms with E-state index in [9.17, 15) is 9.59 Å². The Morgan fingerprint density at radius 2 is 2.04 bits per heavy atom. The predicted octanol–water partition coefficient (Wildman–Crippen LogP) is 3.67. The van der Waals surface area contributed by atoms with E-state index in [2.05, 4.69) is 17.3 Å². The van der Waals surface area contributed by atoms with Crippen LogP contribution in [0.3, 0.4) is 0 Å². The molecule has 1 aromatic carbocycles. The quantitative estimate of drug-likeness (QED) is 0.704. The van der Waals surface area contributed by atoms with Gasteiger partial charge in [0.2, 0.25) is 5.91 Å². The molecule has 0 fully saturated rings. The first-order valence-electron chi connectivity index (χ1n) is 8.70. The van der Waals surface area contributed by atoms with E-state index in [-0.39, 0.29) is 24.8 Å². The van der Waals surface area contributed by atoms with Gasteiger partial charge in [-0.1, -0.05) is 18.6 Å². The minimum atomic E-state index is -1.00. The number of fused-ring (bicyclic) bond motifs is 2. The number of nitrogens with zero attached hydrogens (tertiary/aromatic N) is 3. The summed E-state index contributed by atoms with van der Waals surface area (Å²) in [5.41, 5.74) is 2.71. The maximum atomic E-state index is 12.1. The number of amides is 1. The van der Waals surface area contributed by atoms with E-state index in [4.69, 9.17) is 10.1 Å². The van der Waals surface area contributed by atoms with Crippen molar-refractivity contribution in [3.8, 4) is 0 Å². The zero-order valence-corrected chi connectivity index (χ0v) is 15.1. The third-order valence-electron chi connectivity index (χ3n) is 4.46. The van der Waals surface area contributed by atoms with Crippen molar-refractivity contribution in [2.45, 2.75) is 46.1 Å². The number of carbonyl (C=O) groups excluding carboxylic acids is 1. The van der Waals surface area contributed by atoms with Crippen LogP contribution in [-0.4, -0.2) is 31.7 Å². The molecule has 7 nitrogen and oxygen atoms in total. The Morgan fingerprint density at radius 1 is 1.27 bits per heavy atom. The van der Waals surface area contributed by atoms with E-state index in [0.29, 0.717) is 11.5 Å². The molecule has 3 aromatic rings. The topological polar surface area (TPSA) is 97.1 Å². The normalized spacial score (nSPS) is 12.4. The van der Waals surface area contributed by atoms with Crippen LogP contribution in [0.1, 0.15) is 44.7 Å². The molecule has 136 valence electrons. The molecule has 7 heteroatoms. The minimum absolute atomic E-state index is 0.0901. The second-order valence-electron chi connectivity index (χ2n) is 6.55. The number of aliphatic carboxylic acids is 1. The summed E-state index contributed by atoms with van der Waals surface area (Å²) in [5, 5.41) is 17.8. The first-order valence-corrected chi connectivity index (χ1v) is 8.70. The molecule has 0 saturated carbocycles. The van der Waals surface area contributed by atoms with E-state index in [1.54, 1.807) is 0 Å². The molecule has 0 aliphatic heterocycles. The van der Waals surface area contributed by atoms with E-state index < -0.39 is 5.97 Å². The number of pyridine rings is 1. The van der Waals surface area contributed by atoms with Gasteiger partial charge in [0.1, 0.15) is 0 Å². The second-order valence-corrected chi connectivity index (χ2v) is 6.55. The van der Waals surface area contributed by atoms with Gasteiger partial charge >= 0.3 is 5.97 Å². The van der Waals surface area contributed by atoms with Crippen LogP contribution in [0.2, 0.25) is 0 Å². The third kappa shape index (κ3) is 3.51. The number of hydrogen-bond donors (Lipinski definition) is 2. The lowest BCUT2D eigenvalue weighted by Crippen LogP contribution is -2.14. The van der Waals surface area contributed by atoms with Gasteiger partial charge < -0.3 is 10.4 Å². The number of hydrogen-bond acceptors (Lipinski definition) is 4. The summed E-state index contributed by atoms with van der Waals surface area (Å²) >= 11 is 0. The Labute approximate surface area is 151 Å². The molecule has 0 bridgehead atoms. The molecular formula is C19H22N4O3. The smallest absolute Gasteiger partial charge is 0.303 e. The van der Waals surface area contributed by atoms with Crippen molar-refractivity contribution in [3.05, 3.63) is 29.8 Å². The number of anilines is 1. The molecule has 1 atom stereocenters. The summed E-state index contributed by atoms with van der Waals surface area (Å²) in [6.07, 6.45) is 0.570. The fraction of sp³-hybridized carbons (Fsp3) is 0.368. The molecule has 0 unspecified atom stereocenters. The summed E-state index contributed by atoms with van der Waals surface area (Å²) in [4.78, 5) is 27.5. The van der Waals surface area contributed by atoms with E-state index in [0.717, 1.165) is 28.3 Å². The molecule has 2 heterocycles. The number of carboxylic acid groups (broad SMARTS) is 1. The van der Waals surface area contributed by atoms with Gasteiger partial charge in [0.25, 0.3) is 0 Å². The number of nitrogens with one attached hydrogen (secondary N) is 1. The van der Waals surface area contributed by atoms with Crippen LogP contribution >= 0.6 is 0 Å². The third-order valence-corrected chi connectivity index (χ3v) is 4.46. The van der Waals surface area contributed by atoms with Gasteiger partial charge in [0, 0.05) is 11.8 Å². The van der Waals surface area contributed by atoms with Crippen molar-refractivity contribution >= 4 is 39.6 Å². The van der Waals surface area contributed by atoms with Gasteiger partial charge in [-0.3, -0.25) is 9.59 Å². The van der Waals surface area contributed by atoms with E-state index in [1.165, 1.54) is 0 Å². The number of aromatic nitrogens is 3. The molecule has 0 spiro atoms. The lowest BCUT2D eigenvalue weighted by molar-refractivity contribution is -0.138. The average Bonchev–Trinajstić information content (AvgIpc) is 2.95. The van der Waals surface area contributed by atoms with Crippen LogP contribution in [0.4, 0.5) is 5.82 Å². The molecule has 3 rings (SSSR count). The van der Waals surface area contributed by atoms with Crippen LogP contribution in [0.15, 0.2) is 24.3 Å². The van der Waals surface area contributed by atoms with Crippen molar-refractivity contribution < 1.29 is 14.7 Å². The first kappa shape index (κ1) is 17.8. The maximum Gasteiger partial charge on any atom is 0.303 e. The van der Waals surface area contributed by atoms with Crippen LogP contribution in [0.25, 0.3) is 21.9 Å². The van der Waals surface area contributed by atoms with Crippen molar-refractivity contribution in [1.82, 2.24) is 14.8 Å². The summed E-state index contributed by atoms with van der Waals surface area (Å²) in [6.45, 7) is 6.12. The standard InChI is InChI=1S/C19H22N4O3/c1-4-12(3)23-19-14(10-13-9-11(2)5-6-15(13)20-19)18(22-23)21-16(24)7-8-17(25)26/h5-6,9-10,12H,4,7-8H2,1-3H3,(H,25,26)(H,21,22,24)/t12-/m0/s1. The summed E-state index contributed by atoms with van der Waals surface area (Å²) in [5.74, 6) is -0.947. The van der Waals surface area contributed by atoms with Gasteiger partial charge in [-0.25, -0.2) is 9.67 Å². The number of carbonyl (C=O) groups is 2. The van der Waals surface area contributed by atoms with Gasteiger partial charge in [-0.05, 0) is 38.5 Å². The molecule has 0 aliphatic rings. The van der Waals surface area contributed by atoms with Crippen LogP contribution in [0, 0.1) is 6.92 Å². The molecule has 0 saturated heterocycles. The van der Waals surface area contributed by atoms with Crippen molar-refractivity contribution in [2.75, 3.05) is 5.32 Å². The number of aryl methyl sites for hydroxylation is 1. The summed E-state index contributed by atoms with van der Waals surface area (Å²) in [7, 11) is 0. The number of rotatable bonds is 6. The van der Waals surface area contributed by atoms with Gasteiger partial charge in [0.15, 0.2) is 11.5 Å². The second kappa shape index (κ2) is 7.11. The van der Waals surface area contributed by atoms with E-state index in [1.807, 2.05) is 42.8 Å². The largest absolute Gasteiger partial charge is 0.481 e. The zero-order valence-electron chi connectivity index (χ0n) is 15.1. The Balaban J connectivity index is 2.09. The first-order chi connectivity index (χ1) is 12.4. The monoisotopic (exact) mass is 354 g/mol. The molecule has 1 amide bonds. The van der Waals surface area contributed by atoms with Gasteiger partial charge in [-0.15, -0.1) is 0 Å². The fourth-order valence-corrected chi connectivity index (χ4v) is 2.83. The van der Waals surface area contributed by atoms with Crippen molar-refractivity contribution in [1.29, 1.82) is 0 Å². The molecular weight excluding hydrogens is 332 g/mol. The Morgan fingerprint density at radius 3 is 2.73 bits per heavy atom. The average molecular weight is 354 g/mol. The van der Waals surface area contributed by atoms with Crippen molar-refractivity contribution in [3.63, 3.8) is 0 Å². The predicted molar refractivity (Wildman–Crippen MR) is 100 cm³/mol. The lowest BCUT2D eigenvalue weighted by atomic mass is 10.1. The van der Waals surface area contributed by atoms with Crippen molar-refractivity contribution in [2.24, 2.45) is 0 Å². The van der Waals surface area contributed by atoms with E-state index >= 15 is 0 Å². The highest BCUT2D eigenvalue weighted by molar-refractivity contribution is 6.03. The highest BCUT2D eigenvalue weighted by Gasteiger charge is 2.18. The zero-order chi connectivity index (χ0) is 18.8.